The molecule has 1 aromatic rings. The number of carbonyl (C=O) groups is 1. The van der Waals surface area contributed by atoms with Crippen molar-refractivity contribution in [3.63, 3.8) is 0 Å². The minimum Gasteiger partial charge on any atom is -0.399 e. The Hall–Kier alpha value is -1.51. The van der Waals surface area contributed by atoms with E-state index in [1.165, 1.54) is 6.42 Å². The quantitative estimate of drug-likeness (QED) is 0.849. The van der Waals surface area contributed by atoms with E-state index in [0.717, 1.165) is 30.6 Å². The first-order valence-electron chi connectivity index (χ1n) is 8.11. The molecule has 1 heterocycles. The molecule has 0 bridgehead atoms. The molecule has 3 unspecified atom stereocenters. The molecule has 3 nitrogen and oxygen atoms in total. The second-order valence-corrected chi connectivity index (χ2v) is 7.22. The van der Waals surface area contributed by atoms with Crippen LogP contribution in [-0.2, 0) is 10.2 Å². The molecule has 0 aromatic heterocycles. The highest BCUT2D eigenvalue weighted by molar-refractivity contribution is 5.91. The van der Waals surface area contributed by atoms with Crippen molar-refractivity contribution in [3.05, 3.63) is 29.8 Å². The molecule has 0 spiro atoms. The summed E-state index contributed by atoms with van der Waals surface area (Å²) in [7, 11) is 0. The van der Waals surface area contributed by atoms with Crippen LogP contribution in [0.4, 0.5) is 5.69 Å². The van der Waals surface area contributed by atoms with Crippen molar-refractivity contribution >= 4 is 11.6 Å². The average Bonchev–Trinajstić information content (AvgIpc) is 3.24. The Morgan fingerprint density at radius 3 is 2.38 bits per heavy atom. The number of hydrogen-bond acceptors (Lipinski definition) is 2. The average molecular weight is 286 g/mol. The van der Waals surface area contributed by atoms with Gasteiger partial charge in [0, 0.05) is 18.3 Å². The third-order valence-electron chi connectivity index (χ3n) is 5.48. The second kappa shape index (κ2) is 5.04. The third-order valence-corrected chi connectivity index (χ3v) is 5.48. The van der Waals surface area contributed by atoms with Crippen LogP contribution >= 0.6 is 0 Å². The van der Waals surface area contributed by atoms with Gasteiger partial charge < -0.3 is 10.6 Å². The fourth-order valence-corrected chi connectivity index (χ4v) is 3.81. The van der Waals surface area contributed by atoms with Gasteiger partial charge in [0.1, 0.15) is 0 Å². The zero-order valence-electron chi connectivity index (χ0n) is 13.3. The van der Waals surface area contributed by atoms with Gasteiger partial charge in [0.05, 0.1) is 5.41 Å². The number of carbonyl (C=O) groups excluding carboxylic acids is 1. The number of nitrogens with zero attached hydrogens (tertiary/aromatic N) is 1. The van der Waals surface area contributed by atoms with Crippen LogP contribution < -0.4 is 5.73 Å². The second-order valence-electron chi connectivity index (χ2n) is 7.22. The van der Waals surface area contributed by atoms with Crippen LogP contribution in [0.1, 0.15) is 45.6 Å². The summed E-state index contributed by atoms with van der Waals surface area (Å²) in [5, 5.41) is 0. The zero-order chi connectivity index (χ0) is 15.2. The molecule has 3 rings (SSSR count). The summed E-state index contributed by atoms with van der Waals surface area (Å²) in [6.07, 6.45) is 3.17. The fraction of sp³-hybridized carbons (Fsp3) is 0.611. The van der Waals surface area contributed by atoms with Crippen molar-refractivity contribution in [1.29, 1.82) is 0 Å². The summed E-state index contributed by atoms with van der Waals surface area (Å²) in [5.41, 5.74) is 7.41. The van der Waals surface area contributed by atoms with Crippen LogP contribution in [0.5, 0.6) is 0 Å². The number of rotatable bonds is 2. The molecule has 1 saturated heterocycles. The predicted octanol–water partition coefficient (Wildman–Crippen LogP) is 3.19. The Kier molecular flexibility index (Phi) is 3.46. The van der Waals surface area contributed by atoms with Crippen molar-refractivity contribution in [2.75, 3.05) is 12.3 Å². The molecule has 2 N–H and O–H groups in total. The standard InChI is InChI=1S/C18H26N2O/c1-12-10-13(2)14(3)20(11-12)17(21)18(8-9-18)15-4-6-16(19)7-5-15/h4-7,12-14H,8-11,19H2,1-3H3. The summed E-state index contributed by atoms with van der Waals surface area (Å²) in [4.78, 5) is 15.3. The summed E-state index contributed by atoms with van der Waals surface area (Å²) < 4.78 is 0. The Bertz CT molecular complexity index is 533. The molecule has 2 fully saturated rings. The van der Waals surface area contributed by atoms with Gasteiger partial charge in [-0.1, -0.05) is 26.0 Å². The number of amides is 1. The SMILES string of the molecule is CC1CC(C)C(C)N(C(=O)C2(c3ccc(N)cc3)CC2)C1. The van der Waals surface area contributed by atoms with Crippen LogP contribution in [0.2, 0.25) is 0 Å². The van der Waals surface area contributed by atoms with Crippen molar-refractivity contribution in [1.82, 2.24) is 4.90 Å². The number of likely N-dealkylation sites (tertiary alicyclic amines) is 1. The van der Waals surface area contributed by atoms with E-state index in [-0.39, 0.29) is 5.41 Å². The van der Waals surface area contributed by atoms with Gasteiger partial charge in [-0.2, -0.15) is 0 Å². The maximum atomic E-state index is 13.2. The van der Waals surface area contributed by atoms with E-state index in [9.17, 15) is 4.79 Å². The Labute approximate surface area is 127 Å². The molecule has 3 atom stereocenters. The molecule has 21 heavy (non-hydrogen) atoms. The molecule has 3 heteroatoms. The van der Waals surface area contributed by atoms with Crippen molar-refractivity contribution in [3.8, 4) is 0 Å². The lowest BCUT2D eigenvalue weighted by Gasteiger charge is -2.42. The van der Waals surface area contributed by atoms with E-state index in [1.807, 2.05) is 24.3 Å². The molecular weight excluding hydrogens is 260 g/mol. The number of anilines is 1. The lowest BCUT2D eigenvalue weighted by atomic mass is 9.84. The lowest BCUT2D eigenvalue weighted by molar-refractivity contribution is -0.139. The van der Waals surface area contributed by atoms with Crippen LogP contribution in [0.3, 0.4) is 0 Å². The van der Waals surface area contributed by atoms with Gasteiger partial charge in [-0.3, -0.25) is 4.79 Å². The molecule has 2 aliphatic rings. The van der Waals surface area contributed by atoms with E-state index in [2.05, 4.69) is 25.7 Å². The first kappa shape index (κ1) is 14.4. The van der Waals surface area contributed by atoms with Gasteiger partial charge in [0.15, 0.2) is 0 Å². The van der Waals surface area contributed by atoms with E-state index in [0.29, 0.717) is 23.8 Å². The van der Waals surface area contributed by atoms with Crippen LogP contribution in [0.25, 0.3) is 0 Å². The van der Waals surface area contributed by atoms with Crippen LogP contribution in [0, 0.1) is 11.8 Å². The van der Waals surface area contributed by atoms with Crippen molar-refractivity contribution in [2.45, 2.75) is 51.5 Å². The van der Waals surface area contributed by atoms with Gasteiger partial charge in [0.2, 0.25) is 5.91 Å². The van der Waals surface area contributed by atoms with Crippen LogP contribution in [0.15, 0.2) is 24.3 Å². The summed E-state index contributed by atoms with van der Waals surface area (Å²) in [6.45, 7) is 7.63. The molecular formula is C18H26N2O. The first-order valence-corrected chi connectivity index (χ1v) is 8.11. The molecule has 1 aromatic carbocycles. The van der Waals surface area contributed by atoms with Gasteiger partial charge in [-0.05, 0) is 55.7 Å². The molecule has 114 valence electrons. The Morgan fingerprint density at radius 1 is 1.19 bits per heavy atom. The number of hydrogen-bond donors (Lipinski definition) is 1. The highest BCUT2D eigenvalue weighted by Gasteiger charge is 2.54. The van der Waals surface area contributed by atoms with E-state index in [1.54, 1.807) is 0 Å². The maximum absolute atomic E-state index is 13.2. The minimum absolute atomic E-state index is 0.265. The molecule has 1 saturated carbocycles. The van der Waals surface area contributed by atoms with Gasteiger partial charge >= 0.3 is 0 Å². The Balaban J connectivity index is 1.85. The summed E-state index contributed by atoms with van der Waals surface area (Å²) in [5.74, 6) is 1.51. The Morgan fingerprint density at radius 2 is 1.81 bits per heavy atom. The van der Waals surface area contributed by atoms with Gasteiger partial charge in [-0.25, -0.2) is 0 Å². The minimum atomic E-state index is -0.265. The third kappa shape index (κ3) is 2.43. The van der Waals surface area contributed by atoms with Crippen molar-refractivity contribution in [2.24, 2.45) is 11.8 Å². The fourth-order valence-electron chi connectivity index (χ4n) is 3.81. The predicted molar refractivity (Wildman–Crippen MR) is 85.9 cm³/mol. The molecule has 1 amide bonds. The number of benzene rings is 1. The first-order chi connectivity index (χ1) is 9.94. The maximum Gasteiger partial charge on any atom is 0.233 e. The van der Waals surface area contributed by atoms with E-state index < -0.39 is 0 Å². The van der Waals surface area contributed by atoms with Crippen LogP contribution in [-0.4, -0.2) is 23.4 Å². The molecule has 1 aliphatic heterocycles. The summed E-state index contributed by atoms with van der Waals surface area (Å²) >= 11 is 0. The van der Waals surface area contributed by atoms with Crippen molar-refractivity contribution < 1.29 is 4.79 Å². The number of nitrogens with two attached hydrogens (primary N) is 1. The smallest absolute Gasteiger partial charge is 0.233 e. The van der Waals surface area contributed by atoms with Gasteiger partial charge in [0.25, 0.3) is 0 Å². The molecule has 1 aliphatic carbocycles. The summed E-state index contributed by atoms with van der Waals surface area (Å²) in [6, 6.07) is 8.23. The highest BCUT2D eigenvalue weighted by atomic mass is 16.2. The van der Waals surface area contributed by atoms with Gasteiger partial charge in [-0.15, -0.1) is 0 Å². The normalized spacial score (nSPS) is 31.0. The molecule has 0 radical (unpaired) electrons. The van der Waals surface area contributed by atoms with E-state index >= 15 is 0 Å². The topological polar surface area (TPSA) is 46.3 Å². The monoisotopic (exact) mass is 286 g/mol. The zero-order valence-corrected chi connectivity index (χ0v) is 13.3. The number of nitrogen functional groups attached to an aromatic ring is 1. The van der Waals surface area contributed by atoms with E-state index in [4.69, 9.17) is 5.73 Å². The number of piperidine rings is 1. The lowest BCUT2D eigenvalue weighted by Crippen LogP contribution is -2.52. The highest BCUT2D eigenvalue weighted by Crippen LogP contribution is 2.50. The largest absolute Gasteiger partial charge is 0.399 e.